The van der Waals surface area contributed by atoms with Gasteiger partial charge in [0.05, 0.1) is 17.2 Å². The third-order valence-corrected chi connectivity index (χ3v) is 6.28. The Morgan fingerprint density at radius 1 is 0.909 bits per heavy atom. The second kappa shape index (κ2) is 8.80. The largest absolute Gasteiger partial charge is 0.312 e. The molecular weight excluding hydrogens is 437 g/mol. The van der Waals surface area contributed by atoms with Crippen molar-refractivity contribution in [3.05, 3.63) is 123 Å². The smallest absolute Gasteiger partial charge is 0.294 e. The topological polar surface area (TPSA) is 60.4 Å². The molecule has 5 aromatic rings. The van der Waals surface area contributed by atoms with Gasteiger partial charge in [-0.1, -0.05) is 66.7 Å². The average molecular weight is 456 g/mol. The SMILES string of the molecule is O=[N+]([O-])c1ccccc1N=c1scc(-c2cccc3ccccc23)n1Cc1ccc(F)cc1. The van der Waals surface area contributed by atoms with Crippen LogP contribution < -0.4 is 4.80 Å². The Hall–Kier alpha value is -4.10. The summed E-state index contributed by atoms with van der Waals surface area (Å²) >= 11 is 1.42. The fourth-order valence-corrected chi connectivity index (χ4v) is 4.74. The summed E-state index contributed by atoms with van der Waals surface area (Å²) in [6.45, 7) is 0.446. The molecule has 0 fully saturated rings. The van der Waals surface area contributed by atoms with Gasteiger partial charge in [0.2, 0.25) is 0 Å². The lowest BCUT2D eigenvalue weighted by Gasteiger charge is -2.12. The molecule has 0 aliphatic carbocycles. The second-order valence-corrected chi connectivity index (χ2v) is 8.34. The van der Waals surface area contributed by atoms with Crippen LogP contribution in [0.15, 0.2) is 101 Å². The van der Waals surface area contributed by atoms with Crippen LogP contribution in [-0.4, -0.2) is 9.49 Å². The Bertz CT molecular complexity index is 1530. The van der Waals surface area contributed by atoms with Crippen molar-refractivity contribution in [1.29, 1.82) is 0 Å². The van der Waals surface area contributed by atoms with Crippen LogP contribution in [-0.2, 0) is 6.54 Å². The van der Waals surface area contributed by atoms with Gasteiger partial charge in [-0.05, 0) is 34.5 Å². The molecule has 0 aliphatic heterocycles. The number of fused-ring (bicyclic) bond motifs is 1. The van der Waals surface area contributed by atoms with Gasteiger partial charge in [0.1, 0.15) is 11.5 Å². The summed E-state index contributed by atoms with van der Waals surface area (Å²) in [6.07, 6.45) is 0. The molecule has 0 aliphatic rings. The molecule has 0 spiro atoms. The third kappa shape index (κ3) is 4.18. The summed E-state index contributed by atoms with van der Waals surface area (Å²) in [5, 5.41) is 15.7. The van der Waals surface area contributed by atoms with E-state index in [9.17, 15) is 14.5 Å². The van der Waals surface area contributed by atoms with Crippen LogP contribution >= 0.6 is 11.3 Å². The molecule has 0 atom stereocenters. The van der Waals surface area contributed by atoms with Crippen molar-refractivity contribution in [2.75, 3.05) is 0 Å². The quantitative estimate of drug-likeness (QED) is 0.219. The number of aromatic nitrogens is 1. The standard InChI is InChI=1S/C26H18FN3O2S/c27-20-14-12-18(13-15-20)16-29-25(22-9-5-7-19-6-1-2-8-21(19)22)17-33-26(29)28-23-10-3-4-11-24(23)30(31)32/h1-15,17H,16H2. The zero-order valence-electron chi connectivity index (χ0n) is 17.4. The van der Waals surface area contributed by atoms with Gasteiger partial charge in [0.25, 0.3) is 5.69 Å². The van der Waals surface area contributed by atoms with Gasteiger partial charge < -0.3 is 4.57 Å². The second-order valence-electron chi connectivity index (χ2n) is 7.50. The maximum atomic E-state index is 13.5. The molecular formula is C26H18FN3O2S. The van der Waals surface area contributed by atoms with Crippen LogP contribution in [0.1, 0.15) is 5.56 Å². The van der Waals surface area contributed by atoms with Gasteiger partial charge >= 0.3 is 0 Å². The predicted octanol–water partition coefficient (Wildman–Crippen LogP) is 6.70. The zero-order chi connectivity index (χ0) is 22.8. The molecule has 0 unspecified atom stereocenters. The number of nitrogens with zero attached hydrogens (tertiary/aromatic N) is 3. The van der Waals surface area contributed by atoms with Crippen molar-refractivity contribution >= 4 is 33.5 Å². The number of thiazole rings is 1. The molecule has 33 heavy (non-hydrogen) atoms. The van der Waals surface area contributed by atoms with E-state index in [4.69, 9.17) is 0 Å². The van der Waals surface area contributed by atoms with E-state index in [1.54, 1.807) is 30.3 Å². The lowest BCUT2D eigenvalue weighted by molar-refractivity contribution is -0.384. The van der Waals surface area contributed by atoms with E-state index in [0.29, 0.717) is 17.0 Å². The summed E-state index contributed by atoms with van der Waals surface area (Å²) < 4.78 is 15.5. The number of benzene rings is 4. The van der Waals surface area contributed by atoms with Crippen molar-refractivity contribution < 1.29 is 9.31 Å². The number of nitro benzene ring substituents is 1. The Labute approximate surface area is 192 Å². The van der Waals surface area contributed by atoms with Crippen molar-refractivity contribution in [3.8, 4) is 11.3 Å². The minimum atomic E-state index is -0.428. The first kappa shape index (κ1) is 20.8. The van der Waals surface area contributed by atoms with E-state index < -0.39 is 4.92 Å². The highest BCUT2D eigenvalue weighted by molar-refractivity contribution is 7.07. The average Bonchev–Trinajstić information content (AvgIpc) is 3.22. The van der Waals surface area contributed by atoms with Crippen molar-refractivity contribution in [2.45, 2.75) is 6.54 Å². The molecule has 0 saturated carbocycles. The number of hydrogen-bond donors (Lipinski definition) is 0. The summed E-state index contributed by atoms with van der Waals surface area (Å²) in [4.78, 5) is 16.4. The molecule has 7 heteroatoms. The Morgan fingerprint density at radius 3 is 2.45 bits per heavy atom. The van der Waals surface area contributed by atoms with E-state index in [1.807, 2.05) is 28.1 Å². The van der Waals surface area contributed by atoms with E-state index in [1.165, 1.54) is 29.5 Å². The van der Waals surface area contributed by atoms with E-state index in [0.717, 1.165) is 27.6 Å². The molecule has 0 bridgehead atoms. The molecule has 5 rings (SSSR count). The van der Waals surface area contributed by atoms with E-state index in [-0.39, 0.29) is 11.5 Å². The molecule has 0 radical (unpaired) electrons. The van der Waals surface area contributed by atoms with Gasteiger partial charge in [-0.2, -0.15) is 0 Å². The molecule has 0 saturated heterocycles. The van der Waals surface area contributed by atoms with E-state index >= 15 is 0 Å². The third-order valence-electron chi connectivity index (χ3n) is 5.41. The first-order valence-corrected chi connectivity index (χ1v) is 11.2. The number of nitro groups is 1. The van der Waals surface area contributed by atoms with Crippen LogP contribution in [0.25, 0.3) is 22.0 Å². The summed E-state index contributed by atoms with van der Waals surface area (Å²) in [6, 6.07) is 27.0. The lowest BCUT2D eigenvalue weighted by atomic mass is 10.0. The van der Waals surface area contributed by atoms with Crippen molar-refractivity contribution in [3.63, 3.8) is 0 Å². The van der Waals surface area contributed by atoms with Crippen LogP contribution in [0.5, 0.6) is 0 Å². The predicted molar refractivity (Wildman–Crippen MR) is 129 cm³/mol. The fraction of sp³-hybridized carbons (Fsp3) is 0.0385. The lowest BCUT2D eigenvalue weighted by Crippen LogP contribution is -2.17. The normalized spacial score (nSPS) is 11.7. The minimum Gasteiger partial charge on any atom is -0.312 e. The highest BCUT2D eigenvalue weighted by Gasteiger charge is 2.15. The van der Waals surface area contributed by atoms with Crippen LogP contribution in [0.3, 0.4) is 0 Å². The molecule has 0 amide bonds. The molecule has 162 valence electrons. The molecule has 0 N–H and O–H groups in total. The zero-order valence-corrected chi connectivity index (χ0v) is 18.2. The maximum absolute atomic E-state index is 13.5. The Balaban J connectivity index is 1.73. The molecule has 1 heterocycles. The summed E-state index contributed by atoms with van der Waals surface area (Å²) in [5.74, 6) is -0.298. The molecule has 1 aromatic heterocycles. The van der Waals surface area contributed by atoms with Crippen LogP contribution in [0, 0.1) is 15.9 Å². The minimum absolute atomic E-state index is 0.0501. The molecule has 4 aromatic carbocycles. The van der Waals surface area contributed by atoms with Gasteiger partial charge in [-0.3, -0.25) is 10.1 Å². The summed E-state index contributed by atoms with van der Waals surface area (Å²) in [7, 11) is 0. The van der Waals surface area contributed by atoms with Gasteiger partial charge in [0, 0.05) is 17.0 Å². The Morgan fingerprint density at radius 2 is 1.64 bits per heavy atom. The number of hydrogen-bond acceptors (Lipinski definition) is 4. The fourth-order valence-electron chi connectivity index (χ4n) is 3.82. The van der Waals surface area contributed by atoms with Crippen molar-refractivity contribution in [2.24, 2.45) is 4.99 Å². The molecule has 5 nitrogen and oxygen atoms in total. The maximum Gasteiger partial charge on any atom is 0.294 e. The van der Waals surface area contributed by atoms with Gasteiger partial charge in [0.15, 0.2) is 4.80 Å². The van der Waals surface area contributed by atoms with Crippen LogP contribution in [0.4, 0.5) is 15.8 Å². The van der Waals surface area contributed by atoms with Crippen molar-refractivity contribution in [1.82, 2.24) is 4.57 Å². The van der Waals surface area contributed by atoms with Gasteiger partial charge in [-0.15, -0.1) is 11.3 Å². The number of rotatable bonds is 5. The van der Waals surface area contributed by atoms with E-state index in [2.05, 4.69) is 29.3 Å². The summed E-state index contributed by atoms with van der Waals surface area (Å²) in [5.41, 5.74) is 3.13. The first-order chi connectivity index (χ1) is 16.1. The Kier molecular flexibility index (Phi) is 5.54. The highest BCUT2D eigenvalue weighted by Crippen LogP contribution is 2.31. The number of halogens is 1. The first-order valence-electron chi connectivity index (χ1n) is 10.3. The van der Waals surface area contributed by atoms with Gasteiger partial charge in [-0.25, -0.2) is 9.38 Å². The number of para-hydroxylation sites is 2. The monoisotopic (exact) mass is 455 g/mol. The highest BCUT2D eigenvalue weighted by atomic mass is 32.1. The van der Waals surface area contributed by atoms with Crippen LogP contribution in [0.2, 0.25) is 0 Å².